The maximum absolute atomic E-state index is 9.46. The SMILES string of the molecule is N=Cc1cc(-c2ccccc2)sc1O. The number of hydrogen-bond acceptors (Lipinski definition) is 3. The van der Waals surface area contributed by atoms with E-state index >= 15 is 0 Å². The molecule has 0 saturated heterocycles. The molecule has 1 aromatic carbocycles. The predicted molar refractivity (Wildman–Crippen MR) is 59.3 cm³/mol. The van der Waals surface area contributed by atoms with Crippen molar-refractivity contribution in [3.63, 3.8) is 0 Å². The molecule has 0 aliphatic carbocycles. The standard InChI is InChI=1S/C11H9NOS/c12-7-9-6-10(14-11(9)13)8-4-2-1-3-5-8/h1-7,12-13H. The number of hydrogen-bond donors (Lipinski definition) is 2. The van der Waals surface area contributed by atoms with E-state index in [1.807, 2.05) is 36.4 Å². The summed E-state index contributed by atoms with van der Waals surface area (Å²) in [6.45, 7) is 0. The molecule has 0 radical (unpaired) electrons. The summed E-state index contributed by atoms with van der Waals surface area (Å²) in [5.41, 5.74) is 1.65. The molecule has 2 nitrogen and oxygen atoms in total. The summed E-state index contributed by atoms with van der Waals surface area (Å²) >= 11 is 1.30. The Balaban J connectivity index is 2.48. The number of nitrogens with one attached hydrogen (secondary N) is 1. The quantitative estimate of drug-likeness (QED) is 0.723. The highest BCUT2D eigenvalue weighted by Gasteiger charge is 2.06. The summed E-state index contributed by atoms with van der Waals surface area (Å²) < 4.78 is 0. The molecule has 0 spiro atoms. The molecule has 0 bridgehead atoms. The van der Waals surface area contributed by atoms with Crippen LogP contribution in [0.25, 0.3) is 10.4 Å². The van der Waals surface area contributed by atoms with Crippen LogP contribution in [0.3, 0.4) is 0 Å². The maximum atomic E-state index is 9.46. The Morgan fingerprint density at radius 1 is 1.21 bits per heavy atom. The van der Waals surface area contributed by atoms with Crippen LogP contribution in [0.2, 0.25) is 0 Å². The van der Waals surface area contributed by atoms with Crippen LogP contribution in [0.15, 0.2) is 36.4 Å². The molecule has 0 aliphatic heterocycles. The minimum atomic E-state index is 0.207. The van der Waals surface area contributed by atoms with Crippen molar-refractivity contribution >= 4 is 17.6 Å². The van der Waals surface area contributed by atoms with Gasteiger partial charge in [-0.2, -0.15) is 0 Å². The molecule has 2 N–H and O–H groups in total. The second kappa shape index (κ2) is 3.64. The van der Waals surface area contributed by atoms with Gasteiger partial charge in [0.05, 0.1) is 0 Å². The van der Waals surface area contributed by atoms with Gasteiger partial charge in [0.15, 0.2) is 5.06 Å². The fraction of sp³-hybridized carbons (Fsp3) is 0. The first kappa shape index (κ1) is 8.97. The van der Waals surface area contributed by atoms with Crippen LogP contribution < -0.4 is 0 Å². The molecular weight excluding hydrogens is 194 g/mol. The highest BCUT2D eigenvalue weighted by Crippen LogP contribution is 2.34. The zero-order valence-electron chi connectivity index (χ0n) is 7.40. The molecule has 70 valence electrons. The second-order valence-corrected chi connectivity index (χ2v) is 3.91. The lowest BCUT2D eigenvalue weighted by Crippen LogP contribution is -1.72. The number of benzene rings is 1. The first-order chi connectivity index (χ1) is 6.81. The van der Waals surface area contributed by atoms with Crippen LogP contribution in [-0.2, 0) is 0 Å². The van der Waals surface area contributed by atoms with Gasteiger partial charge in [-0.05, 0) is 11.6 Å². The van der Waals surface area contributed by atoms with Gasteiger partial charge in [0.1, 0.15) is 0 Å². The average Bonchev–Trinajstić information content (AvgIpc) is 2.61. The summed E-state index contributed by atoms with van der Waals surface area (Å²) in [5.74, 6) is 0. The summed E-state index contributed by atoms with van der Waals surface area (Å²) in [4.78, 5) is 0.988. The Morgan fingerprint density at radius 2 is 1.93 bits per heavy atom. The molecule has 1 heterocycles. The third-order valence-electron chi connectivity index (χ3n) is 1.95. The average molecular weight is 203 g/mol. The van der Waals surface area contributed by atoms with Crippen LogP contribution in [0, 0.1) is 5.41 Å². The molecule has 1 aromatic heterocycles. The molecular formula is C11H9NOS. The fourth-order valence-corrected chi connectivity index (χ4v) is 2.13. The molecule has 0 unspecified atom stereocenters. The van der Waals surface area contributed by atoms with Crippen molar-refractivity contribution in [1.29, 1.82) is 5.41 Å². The largest absolute Gasteiger partial charge is 0.499 e. The van der Waals surface area contributed by atoms with E-state index in [-0.39, 0.29) is 5.06 Å². The molecule has 3 heteroatoms. The van der Waals surface area contributed by atoms with E-state index in [1.54, 1.807) is 0 Å². The number of rotatable bonds is 2. The summed E-state index contributed by atoms with van der Waals surface area (Å²) in [5, 5.41) is 16.7. The van der Waals surface area contributed by atoms with Crippen LogP contribution in [-0.4, -0.2) is 11.3 Å². The van der Waals surface area contributed by atoms with Crippen molar-refractivity contribution in [3.05, 3.63) is 42.0 Å². The van der Waals surface area contributed by atoms with E-state index in [2.05, 4.69) is 0 Å². The van der Waals surface area contributed by atoms with Gasteiger partial charge in [0, 0.05) is 16.7 Å². The molecule has 0 amide bonds. The first-order valence-corrected chi connectivity index (χ1v) is 5.01. The molecule has 14 heavy (non-hydrogen) atoms. The zero-order valence-corrected chi connectivity index (χ0v) is 8.21. The lowest BCUT2D eigenvalue weighted by molar-refractivity contribution is 0.490. The Bertz CT molecular complexity index is 448. The van der Waals surface area contributed by atoms with Crippen LogP contribution in [0.5, 0.6) is 5.06 Å². The normalized spacial score (nSPS) is 10.0. The van der Waals surface area contributed by atoms with Crippen molar-refractivity contribution in [2.75, 3.05) is 0 Å². The zero-order chi connectivity index (χ0) is 9.97. The second-order valence-electron chi connectivity index (χ2n) is 2.88. The van der Waals surface area contributed by atoms with E-state index < -0.39 is 0 Å². The van der Waals surface area contributed by atoms with Crippen molar-refractivity contribution in [2.45, 2.75) is 0 Å². The topological polar surface area (TPSA) is 44.1 Å². The van der Waals surface area contributed by atoms with Crippen molar-refractivity contribution < 1.29 is 5.11 Å². The molecule has 0 saturated carbocycles. The van der Waals surface area contributed by atoms with E-state index in [1.165, 1.54) is 11.3 Å². The van der Waals surface area contributed by atoms with Gasteiger partial charge in [-0.3, -0.25) is 0 Å². The first-order valence-electron chi connectivity index (χ1n) is 4.20. The van der Waals surface area contributed by atoms with E-state index in [9.17, 15) is 5.11 Å². The Morgan fingerprint density at radius 3 is 2.50 bits per heavy atom. The van der Waals surface area contributed by atoms with Crippen LogP contribution in [0.4, 0.5) is 0 Å². The highest BCUT2D eigenvalue weighted by molar-refractivity contribution is 7.17. The highest BCUT2D eigenvalue weighted by atomic mass is 32.1. The van der Waals surface area contributed by atoms with Crippen molar-refractivity contribution in [1.82, 2.24) is 0 Å². The van der Waals surface area contributed by atoms with Crippen LogP contribution in [0.1, 0.15) is 5.56 Å². The molecule has 2 aromatic rings. The summed E-state index contributed by atoms with van der Waals surface area (Å²) in [6, 6.07) is 11.7. The molecule has 0 atom stereocenters. The predicted octanol–water partition coefficient (Wildman–Crippen LogP) is 3.12. The summed E-state index contributed by atoms with van der Waals surface area (Å²) in [7, 11) is 0. The van der Waals surface area contributed by atoms with E-state index in [4.69, 9.17) is 5.41 Å². The minimum absolute atomic E-state index is 0.207. The van der Waals surface area contributed by atoms with Crippen molar-refractivity contribution in [3.8, 4) is 15.5 Å². The molecule has 0 fully saturated rings. The van der Waals surface area contributed by atoms with E-state index in [0.29, 0.717) is 5.56 Å². The van der Waals surface area contributed by atoms with Gasteiger partial charge < -0.3 is 10.5 Å². The molecule has 0 aliphatic rings. The third kappa shape index (κ3) is 1.54. The van der Waals surface area contributed by atoms with Gasteiger partial charge in [-0.1, -0.05) is 41.7 Å². The lowest BCUT2D eigenvalue weighted by atomic mass is 10.2. The summed E-state index contributed by atoms with van der Waals surface area (Å²) in [6.07, 6.45) is 1.16. The van der Waals surface area contributed by atoms with E-state index in [0.717, 1.165) is 16.7 Å². The Labute approximate surface area is 86.0 Å². The number of aromatic hydroxyl groups is 1. The minimum Gasteiger partial charge on any atom is -0.499 e. The smallest absolute Gasteiger partial charge is 0.180 e. The Kier molecular flexibility index (Phi) is 2.33. The Hall–Kier alpha value is -1.61. The van der Waals surface area contributed by atoms with Gasteiger partial charge in [-0.15, -0.1) is 0 Å². The van der Waals surface area contributed by atoms with Gasteiger partial charge in [0.25, 0.3) is 0 Å². The van der Waals surface area contributed by atoms with Gasteiger partial charge >= 0.3 is 0 Å². The fourth-order valence-electron chi connectivity index (χ4n) is 1.24. The van der Waals surface area contributed by atoms with Gasteiger partial charge in [-0.25, -0.2) is 0 Å². The molecule has 2 rings (SSSR count). The third-order valence-corrected chi connectivity index (χ3v) is 2.96. The number of thiophene rings is 1. The van der Waals surface area contributed by atoms with Crippen molar-refractivity contribution in [2.24, 2.45) is 0 Å². The maximum Gasteiger partial charge on any atom is 0.180 e. The van der Waals surface area contributed by atoms with Crippen LogP contribution >= 0.6 is 11.3 Å². The monoisotopic (exact) mass is 203 g/mol. The lowest BCUT2D eigenvalue weighted by Gasteiger charge is -1.93. The van der Waals surface area contributed by atoms with Gasteiger partial charge in [0.2, 0.25) is 0 Å².